The maximum absolute atomic E-state index is 11.6. The Morgan fingerprint density at radius 2 is 2.15 bits per heavy atom. The van der Waals surface area contributed by atoms with Gasteiger partial charge in [0, 0.05) is 11.1 Å². The summed E-state index contributed by atoms with van der Waals surface area (Å²) in [5, 5.41) is 6.48. The van der Waals surface area contributed by atoms with E-state index in [0.717, 1.165) is 24.2 Å². The second-order valence-corrected chi connectivity index (χ2v) is 5.58. The van der Waals surface area contributed by atoms with Crippen LogP contribution in [0.3, 0.4) is 0 Å². The molecular weight excluding hydrogens is 276 g/mol. The van der Waals surface area contributed by atoms with E-state index in [1.54, 1.807) is 6.07 Å². The molecule has 0 atom stereocenters. The van der Waals surface area contributed by atoms with Crippen LogP contribution in [0.25, 0.3) is 0 Å². The van der Waals surface area contributed by atoms with E-state index in [-0.39, 0.29) is 6.03 Å². The first-order valence-electron chi connectivity index (χ1n) is 7.08. The van der Waals surface area contributed by atoms with Crippen molar-refractivity contribution in [2.24, 2.45) is 0 Å². The normalized spacial score (nSPS) is 15.1. The van der Waals surface area contributed by atoms with Crippen molar-refractivity contribution in [3.63, 3.8) is 0 Å². The molecule has 1 saturated carbocycles. The van der Waals surface area contributed by atoms with Crippen molar-refractivity contribution in [2.45, 2.75) is 38.6 Å². The van der Waals surface area contributed by atoms with Crippen molar-refractivity contribution in [1.29, 1.82) is 0 Å². The van der Waals surface area contributed by atoms with Crippen LogP contribution < -0.4 is 15.4 Å². The molecule has 0 unspecified atom stereocenters. The number of hydrogen-bond acceptors (Lipinski definition) is 2. The van der Waals surface area contributed by atoms with Gasteiger partial charge < -0.3 is 15.4 Å². The van der Waals surface area contributed by atoms with Crippen molar-refractivity contribution in [3.05, 3.63) is 28.8 Å². The van der Waals surface area contributed by atoms with E-state index in [4.69, 9.17) is 16.3 Å². The lowest BCUT2D eigenvalue weighted by Crippen LogP contribution is -2.42. The van der Waals surface area contributed by atoms with Crippen LogP contribution >= 0.6 is 11.6 Å². The van der Waals surface area contributed by atoms with Gasteiger partial charge in [0.1, 0.15) is 12.4 Å². The lowest BCUT2D eigenvalue weighted by molar-refractivity contribution is 0.232. The van der Waals surface area contributed by atoms with E-state index < -0.39 is 0 Å². The zero-order valence-corrected chi connectivity index (χ0v) is 12.5. The molecule has 2 N–H and O–H groups in total. The summed E-state index contributed by atoms with van der Waals surface area (Å²) < 4.78 is 5.61. The van der Waals surface area contributed by atoms with Crippen molar-refractivity contribution < 1.29 is 9.53 Å². The Morgan fingerprint density at radius 1 is 1.40 bits per heavy atom. The second kappa shape index (κ2) is 7.39. The number of halogens is 1. The zero-order chi connectivity index (χ0) is 14.4. The summed E-state index contributed by atoms with van der Waals surface area (Å²) in [6.07, 6.45) is 4.61. The van der Waals surface area contributed by atoms with Crippen LogP contribution in [0.1, 0.15) is 31.2 Å². The van der Waals surface area contributed by atoms with Crippen LogP contribution in [-0.4, -0.2) is 25.2 Å². The summed E-state index contributed by atoms with van der Waals surface area (Å²) >= 11 is 5.88. The molecule has 1 fully saturated rings. The SMILES string of the molecule is Cc1cc(Cl)ccc1OCCNC(=O)NC1CCCC1. The molecule has 0 radical (unpaired) electrons. The van der Waals surface area contributed by atoms with E-state index in [9.17, 15) is 4.79 Å². The van der Waals surface area contributed by atoms with Gasteiger partial charge in [-0.2, -0.15) is 0 Å². The molecule has 0 aromatic heterocycles. The number of aryl methyl sites for hydroxylation is 1. The second-order valence-electron chi connectivity index (χ2n) is 5.14. The molecule has 0 heterocycles. The first kappa shape index (κ1) is 15.0. The third kappa shape index (κ3) is 4.60. The Labute approximate surface area is 124 Å². The van der Waals surface area contributed by atoms with Crippen LogP contribution in [0.5, 0.6) is 5.75 Å². The Hall–Kier alpha value is -1.42. The van der Waals surface area contributed by atoms with Gasteiger partial charge >= 0.3 is 6.03 Å². The monoisotopic (exact) mass is 296 g/mol. The highest BCUT2D eigenvalue weighted by Gasteiger charge is 2.16. The van der Waals surface area contributed by atoms with Crippen molar-refractivity contribution >= 4 is 17.6 Å². The van der Waals surface area contributed by atoms with Crippen LogP contribution in [-0.2, 0) is 0 Å². The molecule has 0 saturated heterocycles. The Balaban J connectivity index is 1.64. The number of urea groups is 1. The summed E-state index contributed by atoms with van der Waals surface area (Å²) in [4.78, 5) is 11.6. The van der Waals surface area contributed by atoms with Crippen molar-refractivity contribution in [2.75, 3.05) is 13.2 Å². The van der Waals surface area contributed by atoms with E-state index in [0.29, 0.717) is 24.2 Å². The predicted octanol–water partition coefficient (Wildman–Crippen LogP) is 3.27. The predicted molar refractivity (Wildman–Crippen MR) is 80.5 cm³/mol. The average Bonchev–Trinajstić information content (AvgIpc) is 2.89. The molecule has 1 aliphatic rings. The van der Waals surface area contributed by atoms with Gasteiger partial charge in [-0.25, -0.2) is 4.79 Å². The van der Waals surface area contributed by atoms with E-state index >= 15 is 0 Å². The summed E-state index contributed by atoms with van der Waals surface area (Å²) in [5.41, 5.74) is 0.993. The zero-order valence-electron chi connectivity index (χ0n) is 11.7. The van der Waals surface area contributed by atoms with Gasteiger partial charge in [0.2, 0.25) is 0 Å². The lowest BCUT2D eigenvalue weighted by Gasteiger charge is -2.13. The lowest BCUT2D eigenvalue weighted by atomic mass is 10.2. The summed E-state index contributed by atoms with van der Waals surface area (Å²) in [7, 11) is 0. The average molecular weight is 297 g/mol. The maximum Gasteiger partial charge on any atom is 0.315 e. The molecule has 0 bridgehead atoms. The third-order valence-corrected chi connectivity index (χ3v) is 3.71. The van der Waals surface area contributed by atoms with Gasteiger partial charge in [-0.15, -0.1) is 0 Å². The van der Waals surface area contributed by atoms with Gasteiger partial charge in [-0.3, -0.25) is 0 Å². The summed E-state index contributed by atoms with van der Waals surface area (Å²) in [5.74, 6) is 0.799. The number of nitrogens with one attached hydrogen (secondary N) is 2. The molecule has 4 nitrogen and oxygen atoms in total. The standard InChI is InChI=1S/C15H21ClN2O2/c1-11-10-12(16)6-7-14(11)20-9-8-17-15(19)18-13-4-2-3-5-13/h6-7,10,13H,2-5,8-9H2,1H3,(H2,17,18,19). The first-order chi connectivity index (χ1) is 9.65. The smallest absolute Gasteiger partial charge is 0.315 e. The highest BCUT2D eigenvalue weighted by molar-refractivity contribution is 6.30. The molecule has 1 aromatic carbocycles. The van der Waals surface area contributed by atoms with Gasteiger partial charge in [0.05, 0.1) is 6.54 Å². The molecule has 2 amide bonds. The molecule has 0 aliphatic heterocycles. The number of benzene rings is 1. The minimum Gasteiger partial charge on any atom is -0.491 e. The fraction of sp³-hybridized carbons (Fsp3) is 0.533. The minimum atomic E-state index is -0.103. The van der Waals surface area contributed by atoms with Crippen LogP contribution in [0, 0.1) is 6.92 Å². The highest BCUT2D eigenvalue weighted by Crippen LogP contribution is 2.21. The number of amides is 2. The molecule has 5 heteroatoms. The largest absolute Gasteiger partial charge is 0.491 e. The van der Waals surface area contributed by atoms with Crippen molar-refractivity contribution in [1.82, 2.24) is 10.6 Å². The van der Waals surface area contributed by atoms with E-state index in [1.165, 1.54) is 12.8 Å². The number of rotatable bonds is 5. The molecule has 0 spiro atoms. The fourth-order valence-corrected chi connectivity index (χ4v) is 2.63. The van der Waals surface area contributed by atoms with Crippen LogP contribution in [0.4, 0.5) is 4.79 Å². The first-order valence-corrected chi connectivity index (χ1v) is 7.46. The Morgan fingerprint density at radius 3 is 2.85 bits per heavy atom. The van der Waals surface area contributed by atoms with Gasteiger partial charge in [-0.05, 0) is 43.5 Å². The van der Waals surface area contributed by atoms with E-state index in [1.807, 2.05) is 19.1 Å². The van der Waals surface area contributed by atoms with Crippen molar-refractivity contribution in [3.8, 4) is 5.75 Å². The fourth-order valence-electron chi connectivity index (χ4n) is 2.41. The molecule has 110 valence electrons. The topological polar surface area (TPSA) is 50.4 Å². The Kier molecular flexibility index (Phi) is 5.53. The summed E-state index contributed by atoms with van der Waals surface area (Å²) in [6, 6.07) is 5.74. The number of hydrogen-bond donors (Lipinski definition) is 2. The number of carbonyl (C=O) groups excluding carboxylic acids is 1. The minimum absolute atomic E-state index is 0.103. The van der Waals surface area contributed by atoms with Gasteiger partial charge in [-0.1, -0.05) is 24.4 Å². The highest BCUT2D eigenvalue weighted by atomic mass is 35.5. The molecular formula is C15H21ClN2O2. The van der Waals surface area contributed by atoms with Crippen LogP contribution in [0.2, 0.25) is 5.02 Å². The van der Waals surface area contributed by atoms with Gasteiger partial charge in [0.15, 0.2) is 0 Å². The van der Waals surface area contributed by atoms with Crippen LogP contribution in [0.15, 0.2) is 18.2 Å². The molecule has 2 rings (SSSR count). The Bertz CT molecular complexity index is 459. The third-order valence-electron chi connectivity index (χ3n) is 3.47. The molecule has 20 heavy (non-hydrogen) atoms. The number of ether oxygens (including phenoxy) is 1. The quantitative estimate of drug-likeness (QED) is 0.819. The van der Waals surface area contributed by atoms with Gasteiger partial charge in [0.25, 0.3) is 0 Å². The summed E-state index contributed by atoms with van der Waals surface area (Å²) in [6.45, 7) is 2.88. The molecule has 1 aliphatic carbocycles. The maximum atomic E-state index is 11.6. The molecule has 1 aromatic rings. The van der Waals surface area contributed by atoms with E-state index in [2.05, 4.69) is 10.6 Å². The number of carbonyl (C=O) groups is 1.